The molecule has 1 saturated heterocycles. The van der Waals surface area contributed by atoms with Gasteiger partial charge in [0.05, 0.1) is 23.4 Å². The highest BCUT2D eigenvalue weighted by atomic mass is 19.1. The maximum Gasteiger partial charge on any atom is 0.407 e. The number of alkyl carbamates (subject to hydrolysis) is 1. The van der Waals surface area contributed by atoms with Crippen molar-refractivity contribution in [1.29, 1.82) is 0 Å². The van der Waals surface area contributed by atoms with Crippen molar-refractivity contribution in [1.82, 2.24) is 24.8 Å². The number of amides is 2. The minimum Gasteiger partial charge on any atom is -0.450 e. The Morgan fingerprint density at radius 3 is 2.74 bits per heavy atom. The molecular formula is C35H35FN6O5. The second-order valence-corrected chi connectivity index (χ2v) is 12.9. The van der Waals surface area contributed by atoms with Gasteiger partial charge in [-0.3, -0.25) is 9.59 Å². The first-order chi connectivity index (χ1) is 22.6. The van der Waals surface area contributed by atoms with Crippen LogP contribution in [0.15, 0.2) is 72.2 Å². The average Bonchev–Trinajstić information content (AvgIpc) is 3.72. The predicted octanol–water partition coefficient (Wildman–Crippen LogP) is 5.51. The van der Waals surface area contributed by atoms with Gasteiger partial charge in [0.1, 0.15) is 22.4 Å². The van der Waals surface area contributed by atoms with Gasteiger partial charge >= 0.3 is 6.09 Å². The molecule has 3 aromatic carbocycles. The molecule has 0 radical (unpaired) electrons. The smallest absolute Gasteiger partial charge is 0.407 e. The van der Waals surface area contributed by atoms with Crippen molar-refractivity contribution in [2.24, 2.45) is 0 Å². The molecule has 2 amide bonds. The van der Waals surface area contributed by atoms with Crippen molar-refractivity contribution >= 4 is 39.4 Å². The number of aryl methyl sites for hydroxylation is 1. The molecule has 11 nitrogen and oxygen atoms in total. The molecule has 2 aromatic heterocycles. The number of aromatic nitrogens is 3. The number of benzene rings is 3. The Bertz CT molecular complexity index is 2090. The van der Waals surface area contributed by atoms with Crippen molar-refractivity contribution < 1.29 is 23.5 Å². The Kier molecular flexibility index (Phi) is 7.57. The van der Waals surface area contributed by atoms with Gasteiger partial charge in [-0.1, -0.05) is 30.3 Å². The number of hydrogen-bond acceptors (Lipinski definition) is 7. The van der Waals surface area contributed by atoms with Gasteiger partial charge in [-0.2, -0.15) is 0 Å². The molecule has 2 aliphatic heterocycles. The SMILES string of the molecule is CC(C)(C)OC(=O)N[C@@H]1CCN(c2c(F)cc3c(=O)c(C(=O)NCCCn4ccnc4)cn4c3c2Oc2c-4ccc3ccccc23)C1. The third-order valence-electron chi connectivity index (χ3n) is 8.40. The number of nitrogens with zero attached hydrogens (tertiary/aromatic N) is 4. The van der Waals surface area contributed by atoms with Crippen LogP contribution in [0.25, 0.3) is 27.4 Å². The molecule has 47 heavy (non-hydrogen) atoms. The van der Waals surface area contributed by atoms with E-state index < -0.39 is 28.8 Å². The summed E-state index contributed by atoms with van der Waals surface area (Å²) in [4.78, 5) is 45.6. The lowest BCUT2D eigenvalue weighted by molar-refractivity contribution is 0.0508. The average molecular weight is 639 g/mol. The Morgan fingerprint density at radius 2 is 1.96 bits per heavy atom. The highest BCUT2D eigenvalue weighted by molar-refractivity contribution is 6.03. The molecular weight excluding hydrogens is 603 g/mol. The first kappa shape index (κ1) is 30.3. The molecule has 0 bridgehead atoms. The fraction of sp³-hybridized carbons (Fsp3) is 0.314. The van der Waals surface area contributed by atoms with Crippen molar-refractivity contribution in [3.8, 4) is 17.2 Å². The van der Waals surface area contributed by atoms with Gasteiger partial charge in [-0.05, 0) is 51.1 Å². The standard InChI is InChI=1S/C35H35FN6O5/c1-35(2,3)47-34(45)39-22-11-15-41(18-22)29-26(36)17-24-28-32(29)46-31-23-8-5-4-7-21(23)9-10-27(31)42(28)19-25(30(24)43)33(44)38-12-6-14-40-16-13-37-20-40/h4-5,7-10,13,16-17,19-20,22H,6,11-12,14-15,18H2,1-3H3,(H,38,44)(H,39,45)/t22-/m1/s1. The van der Waals surface area contributed by atoms with Crippen molar-refractivity contribution in [2.45, 2.75) is 51.8 Å². The zero-order valence-electron chi connectivity index (χ0n) is 26.4. The topological polar surface area (TPSA) is 120 Å². The molecule has 1 atom stereocenters. The summed E-state index contributed by atoms with van der Waals surface area (Å²) in [5.74, 6) is -0.523. The molecule has 1 fully saturated rings. The summed E-state index contributed by atoms with van der Waals surface area (Å²) >= 11 is 0. The zero-order valence-corrected chi connectivity index (χ0v) is 26.4. The minimum atomic E-state index is -0.657. The van der Waals surface area contributed by atoms with E-state index in [1.807, 2.05) is 52.1 Å². The normalized spacial score (nSPS) is 15.4. The van der Waals surface area contributed by atoms with E-state index in [1.165, 1.54) is 12.3 Å². The number of nitrogens with one attached hydrogen (secondary N) is 2. The third-order valence-corrected chi connectivity index (χ3v) is 8.40. The summed E-state index contributed by atoms with van der Waals surface area (Å²) in [6.45, 7) is 7.11. The number of carbonyl (C=O) groups excluding carboxylic acids is 2. The fourth-order valence-corrected chi connectivity index (χ4v) is 6.32. The Hall–Kier alpha value is -5.39. The Balaban J connectivity index is 1.28. The maximum absolute atomic E-state index is 16.3. The quantitative estimate of drug-likeness (QED) is 0.222. The summed E-state index contributed by atoms with van der Waals surface area (Å²) in [6, 6.07) is 12.4. The van der Waals surface area contributed by atoms with E-state index in [2.05, 4.69) is 15.6 Å². The maximum atomic E-state index is 16.3. The van der Waals surface area contributed by atoms with Crippen molar-refractivity contribution in [3.05, 3.63) is 89.0 Å². The lowest BCUT2D eigenvalue weighted by atomic mass is 10.0. The van der Waals surface area contributed by atoms with Gasteiger partial charge in [-0.15, -0.1) is 0 Å². The van der Waals surface area contributed by atoms with E-state index in [4.69, 9.17) is 9.47 Å². The molecule has 242 valence electrons. The van der Waals surface area contributed by atoms with Crippen LogP contribution in [-0.4, -0.2) is 57.4 Å². The van der Waals surface area contributed by atoms with Crippen LogP contribution >= 0.6 is 0 Å². The number of hydrogen-bond donors (Lipinski definition) is 2. The lowest BCUT2D eigenvalue weighted by Gasteiger charge is -2.30. The lowest BCUT2D eigenvalue weighted by Crippen LogP contribution is -2.40. The van der Waals surface area contributed by atoms with Crippen LogP contribution in [-0.2, 0) is 11.3 Å². The van der Waals surface area contributed by atoms with Gasteiger partial charge in [0.25, 0.3) is 5.91 Å². The number of fused-ring (bicyclic) bond motifs is 4. The number of pyridine rings is 1. The van der Waals surface area contributed by atoms with Crippen LogP contribution in [0.5, 0.6) is 11.5 Å². The second-order valence-electron chi connectivity index (χ2n) is 12.9. The number of anilines is 1. The molecule has 4 heterocycles. The molecule has 0 saturated carbocycles. The van der Waals surface area contributed by atoms with E-state index in [-0.39, 0.29) is 28.4 Å². The van der Waals surface area contributed by atoms with Gasteiger partial charge in [-0.25, -0.2) is 14.2 Å². The van der Waals surface area contributed by atoms with E-state index in [1.54, 1.807) is 37.9 Å². The summed E-state index contributed by atoms with van der Waals surface area (Å²) in [6.07, 6.45) is 7.40. The molecule has 0 unspecified atom stereocenters. The summed E-state index contributed by atoms with van der Waals surface area (Å²) < 4.78 is 31.9. The van der Waals surface area contributed by atoms with E-state index in [0.29, 0.717) is 56.0 Å². The first-order valence-corrected chi connectivity index (χ1v) is 15.7. The first-order valence-electron chi connectivity index (χ1n) is 15.7. The van der Waals surface area contributed by atoms with Gasteiger partial charge in [0.15, 0.2) is 17.3 Å². The number of rotatable bonds is 7. The predicted molar refractivity (Wildman–Crippen MR) is 176 cm³/mol. The number of carbonyl (C=O) groups is 2. The number of halogens is 1. The van der Waals surface area contributed by atoms with Crippen LogP contribution in [0.1, 0.15) is 44.0 Å². The largest absolute Gasteiger partial charge is 0.450 e. The van der Waals surface area contributed by atoms with Crippen LogP contribution in [0, 0.1) is 5.82 Å². The highest BCUT2D eigenvalue weighted by Gasteiger charge is 2.35. The molecule has 2 N–H and O–H groups in total. The molecule has 12 heteroatoms. The second kappa shape index (κ2) is 11.8. The molecule has 0 spiro atoms. The van der Waals surface area contributed by atoms with Crippen LogP contribution in [0.3, 0.4) is 0 Å². The van der Waals surface area contributed by atoms with Crippen LogP contribution in [0.4, 0.5) is 14.9 Å². The molecule has 0 aliphatic carbocycles. The summed E-state index contributed by atoms with van der Waals surface area (Å²) in [5.41, 5.74) is -0.153. The summed E-state index contributed by atoms with van der Waals surface area (Å²) in [7, 11) is 0. The minimum absolute atomic E-state index is 0.0359. The summed E-state index contributed by atoms with van der Waals surface area (Å²) in [5, 5.41) is 7.48. The third kappa shape index (κ3) is 5.75. The van der Waals surface area contributed by atoms with Crippen molar-refractivity contribution in [2.75, 3.05) is 24.5 Å². The van der Waals surface area contributed by atoms with E-state index in [0.717, 1.165) is 10.8 Å². The Morgan fingerprint density at radius 1 is 1.13 bits per heavy atom. The van der Waals surface area contributed by atoms with Crippen LogP contribution < -0.4 is 25.7 Å². The number of ether oxygens (including phenoxy) is 2. The molecule has 7 rings (SSSR count). The fourth-order valence-electron chi connectivity index (χ4n) is 6.32. The van der Waals surface area contributed by atoms with E-state index >= 15 is 4.39 Å². The molecule has 2 aliphatic rings. The monoisotopic (exact) mass is 638 g/mol. The highest BCUT2D eigenvalue weighted by Crippen LogP contribution is 2.49. The van der Waals surface area contributed by atoms with Gasteiger partial charge in [0, 0.05) is 50.2 Å². The molecule has 5 aromatic rings. The Labute approximate surface area is 269 Å². The van der Waals surface area contributed by atoms with E-state index in [9.17, 15) is 14.4 Å². The number of imidazole rings is 1. The van der Waals surface area contributed by atoms with Crippen LogP contribution in [0.2, 0.25) is 0 Å². The van der Waals surface area contributed by atoms with Gasteiger partial charge < -0.3 is 34.1 Å². The van der Waals surface area contributed by atoms with Gasteiger partial charge in [0.2, 0.25) is 5.43 Å². The van der Waals surface area contributed by atoms with Crippen molar-refractivity contribution in [3.63, 3.8) is 0 Å². The zero-order chi connectivity index (χ0) is 32.9.